The molecule has 0 unspecified atom stereocenters. The van der Waals surface area contributed by atoms with Gasteiger partial charge in [-0.1, -0.05) is 6.08 Å². The molecule has 0 aromatic carbocycles. The van der Waals surface area contributed by atoms with Crippen molar-refractivity contribution in [3.8, 4) is 11.8 Å². The predicted octanol–water partition coefficient (Wildman–Crippen LogP) is 2.55. The van der Waals surface area contributed by atoms with Crippen LogP contribution < -0.4 is 10.3 Å². The maximum Gasteiger partial charge on any atom is 0.425 e. The highest BCUT2D eigenvalue weighted by Gasteiger charge is 2.38. The summed E-state index contributed by atoms with van der Waals surface area (Å²) in [7, 11) is 0. The number of carbonyl (C=O) groups is 1. The Balaban J connectivity index is 1.43. The van der Waals surface area contributed by atoms with Crippen LogP contribution in [0.4, 0.5) is 13.2 Å². The number of aromatic amines is 1. The summed E-state index contributed by atoms with van der Waals surface area (Å²) in [5, 5.41) is 13.9. The molecule has 3 heterocycles. The van der Waals surface area contributed by atoms with Gasteiger partial charge in [0.1, 0.15) is 12.2 Å². The zero-order chi connectivity index (χ0) is 24.7. The molecule has 0 fully saturated rings. The molecule has 1 N–H and O–H groups in total. The molecule has 0 saturated heterocycles. The van der Waals surface area contributed by atoms with Crippen LogP contribution >= 0.6 is 0 Å². The molecule has 2 aromatic rings. The van der Waals surface area contributed by atoms with Gasteiger partial charge in [0.05, 0.1) is 37.1 Å². The highest BCUT2D eigenvalue weighted by molar-refractivity contribution is 5.78. The molecule has 2 aromatic heterocycles. The number of hydrogen-bond donors (Lipinski definition) is 1. The molecule has 1 aliphatic rings. The van der Waals surface area contributed by atoms with Crippen LogP contribution in [0.1, 0.15) is 36.6 Å². The SMILES string of the molecule is C[C@@H](COCCC(=O)N1CC=C(c2ccc(C#N)cn2)CC1)Oc1cn[nH]c(=O)c1C(F)(F)F. The molecule has 9 nitrogen and oxygen atoms in total. The molecule has 1 amide bonds. The summed E-state index contributed by atoms with van der Waals surface area (Å²) in [5.41, 5.74) is -0.599. The highest BCUT2D eigenvalue weighted by Crippen LogP contribution is 2.33. The van der Waals surface area contributed by atoms with E-state index in [4.69, 9.17) is 14.7 Å². The Morgan fingerprint density at radius 1 is 1.35 bits per heavy atom. The molecule has 1 aliphatic heterocycles. The lowest BCUT2D eigenvalue weighted by Crippen LogP contribution is -2.35. The first kappa shape index (κ1) is 24.9. The van der Waals surface area contributed by atoms with Crippen molar-refractivity contribution in [1.82, 2.24) is 20.1 Å². The van der Waals surface area contributed by atoms with Crippen LogP contribution in [0, 0.1) is 11.3 Å². The van der Waals surface area contributed by atoms with Gasteiger partial charge in [0.25, 0.3) is 5.56 Å². The number of alkyl halides is 3. The quantitative estimate of drug-likeness (QED) is 0.580. The van der Waals surface area contributed by atoms with Crippen molar-refractivity contribution in [3.63, 3.8) is 0 Å². The first-order valence-corrected chi connectivity index (χ1v) is 10.4. The number of halogens is 3. The molecule has 1 atom stereocenters. The van der Waals surface area contributed by atoms with Gasteiger partial charge in [0, 0.05) is 19.3 Å². The Bertz CT molecular complexity index is 1140. The van der Waals surface area contributed by atoms with Gasteiger partial charge in [-0.15, -0.1) is 0 Å². The predicted molar refractivity (Wildman–Crippen MR) is 114 cm³/mol. The van der Waals surface area contributed by atoms with Crippen molar-refractivity contribution in [2.24, 2.45) is 0 Å². The lowest BCUT2D eigenvalue weighted by molar-refractivity contribution is -0.141. The maximum absolute atomic E-state index is 13.1. The van der Waals surface area contributed by atoms with Crippen LogP contribution in [0.3, 0.4) is 0 Å². The number of H-pyrrole nitrogens is 1. The summed E-state index contributed by atoms with van der Waals surface area (Å²) in [4.78, 5) is 29.8. The van der Waals surface area contributed by atoms with E-state index in [0.717, 1.165) is 17.5 Å². The topological polar surface area (TPSA) is 121 Å². The summed E-state index contributed by atoms with van der Waals surface area (Å²) in [5.74, 6) is -0.800. The van der Waals surface area contributed by atoms with Crippen LogP contribution in [0.15, 0.2) is 35.4 Å². The van der Waals surface area contributed by atoms with E-state index >= 15 is 0 Å². The molecule has 0 bridgehead atoms. The van der Waals surface area contributed by atoms with Crippen molar-refractivity contribution in [2.45, 2.75) is 32.0 Å². The van der Waals surface area contributed by atoms with Crippen molar-refractivity contribution in [1.29, 1.82) is 5.26 Å². The normalized spacial score (nSPS) is 14.8. The fourth-order valence-corrected chi connectivity index (χ4v) is 3.34. The molecule has 34 heavy (non-hydrogen) atoms. The molecule has 0 spiro atoms. The van der Waals surface area contributed by atoms with E-state index in [9.17, 15) is 22.8 Å². The van der Waals surface area contributed by atoms with E-state index in [1.54, 1.807) is 22.1 Å². The molecular weight excluding hydrogens is 455 g/mol. The van der Waals surface area contributed by atoms with Gasteiger partial charge in [-0.3, -0.25) is 14.6 Å². The lowest BCUT2D eigenvalue weighted by Gasteiger charge is -2.26. The molecule has 3 rings (SSSR count). The van der Waals surface area contributed by atoms with Crippen molar-refractivity contribution in [2.75, 3.05) is 26.3 Å². The number of ether oxygens (including phenoxy) is 2. The van der Waals surface area contributed by atoms with E-state index in [0.29, 0.717) is 25.1 Å². The average molecular weight is 477 g/mol. The molecular formula is C22H22F3N5O4. The molecule has 0 aliphatic carbocycles. The zero-order valence-electron chi connectivity index (χ0n) is 18.3. The molecule has 180 valence electrons. The van der Waals surface area contributed by atoms with Crippen LogP contribution in [-0.2, 0) is 15.7 Å². The Kier molecular flexibility index (Phi) is 8.01. The second-order valence-electron chi connectivity index (χ2n) is 7.55. The summed E-state index contributed by atoms with van der Waals surface area (Å²) in [6, 6.07) is 5.49. The lowest BCUT2D eigenvalue weighted by atomic mass is 10.0. The highest BCUT2D eigenvalue weighted by atomic mass is 19.4. The van der Waals surface area contributed by atoms with Gasteiger partial charge in [-0.25, -0.2) is 5.10 Å². The number of nitriles is 1. The summed E-state index contributed by atoms with van der Waals surface area (Å²) in [6.07, 6.45) is -0.756. The van der Waals surface area contributed by atoms with Gasteiger partial charge in [0.15, 0.2) is 11.3 Å². The number of nitrogens with one attached hydrogen (secondary N) is 1. The average Bonchev–Trinajstić information content (AvgIpc) is 2.81. The minimum absolute atomic E-state index is 0.0660. The van der Waals surface area contributed by atoms with E-state index in [1.165, 1.54) is 13.1 Å². The van der Waals surface area contributed by atoms with E-state index < -0.39 is 29.2 Å². The third-order valence-electron chi connectivity index (χ3n) is 5.03. The standard InChI is InChI=1S/C22H22F3N5O4/c1-14(34-18-12-28-29-21(32)20(18)22(23,24)25)13-33-9-6-19(31)30-7-4-16(5-8-30)17-3-2-15(10-26)11-27-17/h2-4,11-12,14H,5-9,13H2,1H3,(H,29,32)/t14-/m0/s1. The summed E-state index contributed by atoms with van der Waals surface area (Å²) < 4.78 is 49.8. The number of aromatic nitrogens is 3. The monoisotopic (exact) mass is 477 g/mol. The van der Waals surface area contributed by atoms with Crippen molar-refractivity contribution >= 4 is 11.5 Å². The van der Waals surface area contributed by atoms with Gasteiger partial charge in [-0.05, 0) is 31.1 Å². The first-order valence-electron chi connectivity index (χ1n) is 10.4. The van der Waals surface area contributed by atoms with Crippen molar-refractivity contribution < 1.29 is 27.4 Å². The van der Waals surface area contributed by atoms with Gasteiger partial charge in [0.2, 0.25) is 5.91 Å². The van der Waals surface area contributed by atoms with Gasteiger partial charge in [-0.2, -0.15) is 23.5 Å². The Morgan fingerprint density at radius 2 is 2.15 bits per heavy atom. The first-order chi connectivity index (χ1) is 16.2. The fraction of sp³-hybridized carbons (Fsp3) is 0.409. The van der Waals surface area contributed by atoms with Crippen LogP contribution in [0.2, 0.25) is 0 Å². The third-order valence-corrected chi connectivity index (χ3v) is 5.03. The Morgan fingerprint density at radius 3 is 2.76 bits per heavy atom. The summed E-state index contributed by atoms with van der Waals surface area (Å²) in [6.45, 7) is 2.41. The van der Waals surface area contributed by atoms with Gasteiger partial charge < -0.3 is 14.4 Å². The van der Waals surface area contributed by atoms with Crippen molar-refractivity contribution in [3.05, 3.63) is 57.8 Å². The minimum Gasteiger partial charge on any atom is -0.486 e. The number of carbonyl (C=O) groups excluding carboxylic acids is 1. The molecule has 0 radical (unpaired) electrons. The smallest absolute Gasteiger partial charge is 0.425 e. The Hall–Kier alpha value is -3.72. The zero-order valence-corrected chi connectivity index (χ0v) is 18.3. The van der Waals surface area contributed by atoms with Crippen LogP contribution in [0.25, 0.3) is 5.57 Å². The third kappa shape index (κ3) is 6.41. The number of nitrogens with zero attached hydrogens (tertiary/aromatic N) is 4. The Labute approximate surface area is 192 Å². The van der Waals surface area contributed by atoms with E-state index in [-0.39, 0.29) is 25.5 Å². The fourth-order valence-electron chi connectivity index (χ4n) is 3.34. The molecule has 0 saturated carbocycles. The molecule has 12 heteroatoms. The largest absolute Gasteiger partial charge is 0.486 e. The maximum atomic E-state index is 13.1. The van der Waals surface area contributed by atoms with Crippen LogP contribution in [-0.4, -0.2) is 58.4 Å². The number of amides is 1. The van der Waals surface area contributed by atoms with E-state index in [2.05, 4.69) is 10.1 Å². The second kappa shape index (κ2) is 10.9. The van der Waals surface area contributed by atoms with Crippen LogP contribution in [0.5, 0.6) is 5.75 Å². The van der Waals surface area contributed by atoms with E-state index in [1.807, 2.05) is 12.1 Å². The second-order valence-corrected chi connectivity index (χ2v) is 7.55. The number of rotatable bonds is 8. The minimum atomic E-state index is -4.89. The number of pyridine rings is 1. The number of hydrogen-bond acceptors (Lipinski definition) is 7. The van der Waals surface area contributed by atoms with Gasteiger partial charge >= 0.3 is 6.18 Å². The summed E-state index contributed by atoms with van der Waals surface area (Å²) >= 11 is 0.